The number of halogens is 2. The van der Waals surface area contributed by atoms with Gasteiger partial charge in [-0.2, -0.15) is 0 Å². The monoisotopic (exact) mass is 504 g/mol. The van der Waals surface area contributed by atoms with Crippen molar-refractivity contribution >= 4 is 35.8 Å². The first-order chi connectivity index (χ1) is 13.1. The fourth-order valence-corrected chi connectivity index (χ4v) is 3.24. The molecule has 1 saturated carbocycles. The number of morpholine rings is 1. The normalized spacial score (nSPS) is 22.4. The maximum absolute atomic E-state index is 13.2. The third-order valence-corrected chi connectivity index (χ3v) is 4.76. The molecule has 1 amide bonds. The van der Waals surface area contributed by atoms with Crippen molar-refractivity contribution in [3.63, 3.8) is 0 Å². The minimum absolute atomic E-state index is 0. The van der Waals surface area contributed by atoms with Crippen LogP contribution in [0.4, 0.5) is 4.39 Å². The van der Waals surface area contributed by atoms with E-state index in [2.05, 4.69) is 20.5 Å². The molecule has 2 N–H and O–H groups in total. The Morgan fingerprint density at radius 1 is 1.25 bits per heavy atom. The molecule has 1 aromatic rings. The van der Waals surface area contributed by atoms with E-state index < -0.39 is 0 Å². The molecular weight excluding hydrogens is 474 g/mol. The largest absolute Gasteiger partial charge is 0.367 e. The van der Waals surface area contributed by atoms with Crippen LogP contribution in [0.25, 0.3) is 0 Å². The molecule has 3 rings (SSSR count). The van der Waals surface area contributed by atoms with Crippen LogP contribution in [0.2, 0.25) is 0 Å². The molecule has 2 unspecified atom stereocenters. The second kappa shape index (κ2) is 10.9. The summed E-state index contributed by atoms with van der Waals surface area (Å²) in [7, 11) is 0. The summed E-state index contributed by atoms with van der Waals surface area (Å²) in [5, 5.41) is 6.27. The van der Waals surface area contributed by atoms with E-state index in [-0.39, 0.29) is 53.8 Å². The Morgan fingerprint density at radius 3 is 2.61 bits per heavy atom. The zero-order valence-electron chi connectivity index (χ0n) is 16.5. The zero-order valence-corrected chi connectivity index (χ0v) is 18.8. The average Bonchev–Trinajstić information content (AvgIpc) is 3.49. The minimum atomic E-state index is -0.248. The predicted molar refractivity (Wildman–Crippen MR) is 118 cm³/mol. The van der Waals surface area contributed by atoms with Crippen molar-refractivity contribution in [1.82, 2.24) is 15.5 Å². The number of aliphatic imine (C=N–C) groups is 1. The van der Waals surface area contributed by atoms with Gasteiger partial charge in [0.1, 0.15) is 11.9 Å². The number of hydrogen-bond donors (Lipinski definition) is 2. The van der Waals surface area contributed by atoms with Gasteiger partial charge in [0, 0.05) is 25.6 Å². The van der Waals surface area contributed by atoms with Gasteiger partial charge >= 0.3 is 0 Å². The third-order valence-electron chi connectivity index (χ3n) is 4.76. The Balaban J connectivity index is 0.00000280. The van der Waals surface area contributed by atoms with Crippen LogP contribution in [-0.4, -0.2) is 55.6 Å². The number of amides is 1. The molecule has 1 aliphatic heterocycles. The third kappa shape index (κ3) is 6.58. The molecule has 0 bridgehead atoms. The lowest BCUT2D eigenvalue weighted by molar-refractivity contribution is -0.122. The Morgan fingerprint density at radius 2 is 1.96 bits per heavy atom. The van der Waals surface area contributed by atoms with E-state index in [1.165, 1.54) is 12.1 Å². The maximum atomic E-state index is 13.2. The molecule has 0 aromatic heterocycles. The highest BCUT2D eigenvalue weighted by Gasteiger charge is 2.30. The van der Waals surface area contributed by atoms with Gasteiger partial charge in [-0.05, 0) is 44.4 Å². The lowest BCUT2D eigenvalue weighted by atomic mass is 10.1. The number of nitrogens with zero attached hydrogens (tertiary/aromatic N) is 2. The molecule has 0 radical (unpaired) electrons. The summed E-state index contributed by atoms with van der Waals surface area (Å²) in [5.41, 5.74) is 0.959. The Kier molecular flexibility index (Phi) is 8.94. The molecule has 1 saturated heterocycles. The van der Waals surface area contributed by atoms with E-state index in [0.29, 0.717) is 19.6 Å². The summed E-state index contributed by atoms with van der Waals surface area (Å²) >= 11 is 0. The molecule has 156 valence electrons. The molecule has 28 heavy (non-hydrogen) atoms. The van der Waals surface area contributed by atoms with E-state index >= 15 is 0 Å². The molecule has 6 nitrogen and oxygen atoms in total. The van der Waals surface area contributed by atoms with E-state index in [4.69, 9.17) is 4.74 Å². The van der Waals surface area contributed by atoms with E-state index in [1.807, 2.05) is 13.8 Å². The highest BCUT2D eigenvalue weighted by atomic mass is 127. The van der Waals surface area contributed by atoms with Crippen LogP contribution in [0.3, 0.4) is 0 Å². The van der Waals surface area contributed by atoms with Crippen LogP contribution in [-0.2, 0) is 9.53 Å². The number of carbonyl (C=O) groups is 1. The van der Waals surface area contributed by atoms with Crippen molar-refractivity contribution in [2.24, 2.45) is 10.9 Å². The standard InChI is InChI=1S/C20H29FN4O2.HI/c1-3-22-20(24-11-10-23-19(26)16-4-5-16)25-12-14(2)27-18(13-25)15-6-8-17(21)9-7-15;/h6-9,14,16,18H,3-5,10-13H2,1-2H3,(H,22,24)(H,23,26);1H. The van der Waals surface area contributed by atoms with Gasteiger partial charge in [-0.1, -0.05) is 12.1 Å². The highest BCUT2D eigenvalue weighted by molar-refractivity contribution is 14.0. The first-order valence-electron chi connectivity index (χ1n) is 9.78. The fourth-order valence-electron chi connectivity index (χ4n) is 3.24. The maximum Gasteiger partial charge on any atom is 0.223 e. The van der Waals surface area contributed by atoms with Crippen molar-refractivity contribution < 1.29 is 13.9 Å². The van der Waals surface area contributed by atoms with E-state index in [1.54, 1.807) is 12.1 Å². The molecule has 0 spiro atoms. The molecule has 2 fully saturated rings. The number of ether oxygens (including phenoxy) is 1. The number of benzene rings is 1. The molecule has 1 aromatic carbocycles. The van der Waals surface area contributed by atoms with Gasteiger partial charge < -0.3 is 20.3 Å². The fraction of sp³-hybridized carbons (Fsp3) is 0.600. The summed E-state index contributed by atoms with van der Waals surface area (Å²) in [6.45, 7) is 7.29. The summed E-state index contributed by atoms with van der Waals surface area (Å²) < 4.78 is 19.3. The second-order valence-corrected chi connectivity index (χ2v) is 7.19. The van der Waals surface area contributed by atoms with Gasteiger partial charge in [0.25, 0.3) is 0 Å². The van der Waals surface area contributed by atoms with Gasteiger partial charge in [-0.15, -0.1) is 24.0 Å². The topological polar surface area (TPSA) is 66.0 Å². The van der Waals surface area contributed by atoms with Crippen molar-refractivity contribution in [1.29, 1.82) is 0 Å². The number of carbonyl (C=O) groups excluding carboxylic acids is 1. The second-order valence-electron chi connectivity index (χ2n) is 7.19. The predicted octanol–water partition coefficient (Wildman–Crippen LogP) is 2.70. The Hall–Kier alpha value is -1.42. The summed E-state index contributed by atoms with van der Waals surface area (Å²) in [6.07, 6.45) is 1.92. The number of hydrogen-bond acceptors (Lipinski definition) is 3. The average molecular weight is 504 g/mol. The number of guanidine groups is 1. The molecule has 2 aliphatic rings. The number of nitrogens with one attached hydrogen (secondary N) is 2. The van der Waals surface area contributed by atoms with Gasteiger partial charge in [-0.25, -0.2) is 4.39 Å². The number of rotatable bonds is 6. The zero-order chi connectivity index (χ0) is 19.2. The highest BCUT2D eigenvalue weighted by Crippen LogP contribution is 2.28. The Bertz CT molecular complexity index is 667. The van der Waals surface area contributed by atoms with Crippen LogP contribution in [0.1, 0.15) is 38.4 Å². The minimum Gasteiger partial charge on any atom is -0.367 e. The van der Waals surface area contributed by atoms with Crippen LogP contribution in [0.5, 0.6) is 0 Å². The van der Waals surface area contributed by atoms with Gasteiger partial charge in [0.05, 0.1) is 19.2 Å². The van der Waals surface area contributed by atoms with Crippen LogP contribution >= 0.6 is 24.0 Å². The first-order valence-corrected chi connectivity index (χ1v) is 9.78. The smallest absolute Gasteiger partial charge is 0.223 e. The SMILES string of the molecule is CCNC(=NCCNC(=O)C1CC1)N1CC(C)OC(c2ccc(F)cc2)C1.I. The Labute approximate surface area is 183 Å². The van der Waals surface area contributed by atoms with E-state index in [0.717, 1.165) is 37.5 Å². The van der Waals surface area contributed by atoms with Crippen molar-refractivity contribution in [2.45, 2.75) is 38.9 Å². The molecular formula is C20H30FIN4O2. The van der Waals surface area contributed by atoms with Crippen molar-refractivity contribution in [3.8, 4) is 0 Å². The van der Waals surface area contributed by atoms with Crippen molar-refractivity contribution in [3.05, 3.63) is 35.6 Å². The van der Waals surface area contributed by atoms with Gasteiger partial charge in [0.15, 0.2) is 5.96 Å². The van der Waals surface area contributed by atoms with Gasteiger partial charge in [0.2, 0.25) is 5.91 Å². The summed E-state index contributed by atoms with van der Waals surface area (Å²) in [4.78, 5) is 18.6. The van der Waals surface area contributed by atoms with Crippen LogP contribution < -0.4 is 10.6 Å². The quantitative estimate of drug-likeness (QED) is 0.271. The lowest BCUT2D eigenvalue weighted by Crippen LogP contribution is -2.51. The summed E-state index contributed by atoms with van der Waals surface area (Å²) in [6, 6.07) is 6.47. The van der Waals surface area contributed by atoms with Gasteiger partial charge in [-0.3, -0.25) is 9.79 Å². The summed E-state index contributed by atoms with van der Waals surface area (Å²) in [5.74, 6) is 0.938. The first kappa shape index (κ1) is 22.9. The molecule has 1 heterocycles. The molecule has 1 aliphatic carbocycles. The van der Waals surface area contributed by atoms with Crippen LogP contribution in [0, 0.1) is 11.7 Å². The lowest BCUT2D eigenvalue weighted by Gasteiger charge is -2.38. The molecule has 2 atom stereocenters. The van der Waals surface area contributed by atoms with E-state index in [9.17, 15) is 9.18 Å². The van der Waals surface area contributed by atoms with Crippen LogP contribution in [0.15, 0.2) is 29.3 Å². The van der Waals surface area contributed by atoms with Crippen molar-refractivity contribution in [2.75, 3.05) is 32.7 Å². The molecule has 8 heteroatoms.